The molecule has 25 heavy (non-hydrogen) atoms. The Bertz CT molecular complexity index is 728. The zero-order valence-electron chi connectivity index (χ0n) is 15.4. The van der Waals surface area contributed by atoms with E-state index >= 15 is 0 Å². The number of aryl methyl sites for hydroxylation is 1. The number of hydrogen-bond acceptors (Lipinski definition) is 1. The number of nitrogens with one attached hydrogen (secondary N) is 2. The van der Waals surface area contributed by atoms with E-state index in [0.29, 0.717) is 11.0 Å². The summed E-state index contributed by atoms with van der Waals surface area (Å²) in [7, 11) is 0. The quantitative estimate of drug-likeness (QED) is 0.672. The van der Waals surface area contributed by atoms with Gasteiger partial charge in [-0.05, 0) is 66.7 Å². The van der Waals surface area contributed by atoms with Crippen LogP contribution < -0.4 is 10.6 Å². The monoisotopic (exact) mass is 352 g/mol. The van der Waals surface area contributed by atoms with Crippen LogP contribution in [0, 0.1) is 6.92 Å². The zero-order valence-corrected chi connectivity index (χ0v) is 16.2. The third-order valence-electron chi connectivity index (χ3n) is 5.31. The van der Waals surface area contributed by atoms with E-state index in [4.69, 9.17) is 12.2 Å². The molecule has 0 radical (unpaired) electrons. The van der Waals surface area contributed by atoms with Crippen molar-refractivity contribution in [1.82, 2.24) is 5.32 Å². The summed E-state index contributed by atoms with van der Waals surface area (Å²) in [4.78, 5) is 0. The minimum Gasteiger partial charge on any atom is -0.353 e. The average Bonchev–Trinajstić information content (AvgIpc) is 3.05. The molecular weight excluding hydrogens is 324 g/mol. The van der Waals surface area contributed by atoms with Crippen LogP contribution in [0.2, 0.25) is 0 Å². The molecule has 0 unspecified atom stereocenters. The van der Waals surface area contributed by atoms with Crippen molar-refractivity contribution in [2.75, 3.05) is 5.32 Å². The lowest BCUT2D eigenvalue weighted by atomic mass is 9.85. The van der Waals surface area contributed by atoms with Gasteiger partial charge in [0.25, 0.3) is 0 Å². The standard InChI is InChI=1S/C22H28N2S/c1-16(2)18-10-12-19(13-11-18)23-21(25)24-22(14-6-7-15-22)20-9-5-4-8-17(20)3/h4-5,8-13,16H,6-7,14-15H2,1-3H3,(H2,23,24,25). The first-order valence-corrected chi connectivity index (χ1v) is 9.66. The second-order valence-corrected chi connectivity index (χ2v) is 7.87. The van der Waals surface area contributed by atoms with Gasteiger partial charge in [0.05, 0.1) is 5.54 Å². The van der Waals surface area contributed by atoms with Crippen LogP contribution in [0.3, 0.4) is 0 Å². The molecule has 0 atom stereocenters. The summed E-state index contributed by atoms with van der Waals surface area (Å²) in [6.07, 6.45) is 4.75. The molecule has 0 spiro atoms. The molecule has 0 bridgehead atoms. The number of anilines is 1. The molecule has 2 aromatic carbocycles. The fourth-order valence-corrected chi connectivity index (χ4v) is 4.19. The maximum absolute atomic E-state index is 5.65. The van der Waals surface area contributed by atoms with Gasteiger partial charge < -0.3 is 10.6 Å². The van der Waals surface area contributed by atoms with Crippen LogP contribution in [0.15, 0.2) is 48.5 Å². The molecule has 1 aliphatic rings. The van der Waals surface area contributed by atoms with Crippen LogP contribution in [-0.2, 0) is 5.54 Å². The van der Waals surface area contributed by atoms with Gasteiger partial charge in [-0.2, -0.15) is 0 Å². The maximum Gasteiger partial charge on any atom is 0.171 e. The predicted octanol–water partition coefficient (Wildman–Crippen LogP) is 5.87. The molecule has 0 aromatic heterocycles. The summed E-state index contributed by atoms with van der Waals surface area (Å²) in [5, 5.41) is 7.74. The molecule has 0 heterocycles. The van der Waals surface area contributed by atoms with Gasteiger partial charge in [0.2, 0.25) is 0 Å². The second-order valence-electron chi connectivity index (χ2n) is 7.46. The van der Waals surface area contributed by atoms with E-state index in [0.717, 1.165) is 18.5 Å². The molecular formula is C22H28N2S. The first-order chi connectivity index (χ1) is 12.0. The second kappa shape index (κ2) is 7.57. The molecule has 2 nitrogen and oxygen atoms in total. The molecule has 0 amide bonds. The predicted molar refractivity (Wildman–Crippen MR) is 111 cm³/mol. The van der Waals surface area contributed by atoms with Gasteiger partial charge in [-0.25, -0.2) is 0 Å². The Morgan fingerprint density at radius 2 is 1.64 bits per heavy atom. The number of thiocarbonyl (C=S) groups is 1. The van der Waals surface area contributed by atoms with Gasteiger partial charge in [-0.3, -0.25) is 0 Å². The van der Waals surface area contributed by atoms with E-state index < -0.39 is 0 Å². The lowest BCUT2D eigenvalue weighted by molar-refractivity contribution is 0.406. The van der Waals surface area contributed by atoms with Crippen LogP contribution in [0.1, 0.15) is 62.1 Å². The first kappa shape index (κ1) is 17.9. The number of benzene rings is 2. The Hall–Kier alpha value is -1.87. The van der Waals surface area contributed by atoms with Crippen LogP contribution in [0.5, 0.6) is 0 Å². The van der Waals surface area contributed by atoms with Crippen LogP contribution >= 0.6 is 12.2 Å². The van der Waals surface area contributed by atoms with Gasteiger partial charge in [0, 0.05) is 5.69 Å². The van der Waals surface area contributed by atoms with Gasteiger partial charge in [-0.15, -0.1) is 0 Å². The lowest BCUT2D eigenvalue weighted by Gasteiger charge is -2.34. The molecule has 3 heteroatoms. The molecule has 132 valence electrons. The molecule has 0 saturated heterocycles. The zero-order chi connectivity index (χ0) is 17.9. The highest BCUT2D eigenvalue weighted by atomic mass is 32.1. The highest BCUT2D eigenvalue weighted by Gasteiger charge is 2.37. The van der Waals surface area contributed by atoms with Crippen LogP contribution in [0.25, 0.3) is 0 Å². The summed E-state index contributed by atoms with van der Waals surface area (Å²) in [5.74, 6) is 0.543. The Labute approximate surface area is 157 Å². The van der Waals surface area contributed by atoms with Gasteiger partial charge in [0.1, 0.15) is 0 Å². The Kier molecular flexibility index (Phi) is 5.43. The molecule has 2 N–H and O–H groups in total. The van der Waals surface area contributed by atoms with Crippen molar-refractivity contribution in [3.63, 3.8) is 0 Å². The van der Waals surface area contributed by atoms with Crippen molar-refractivity contribution < 1.29 is 0 Å². The van der Waals surface area contributed by atoms with E-state index in [1.165, 1.54) is 29.5 Å². The average molecular weight is 353 g/mol. The number of rotatable bonds is 4. The van der Waals surface area contributed by atoms with E-state index in [1.807, 2.05) is 0 Å². The Balaban J connectivity index is 1.74. The smallest absolute Gasteiger partial charge is 0.171 e. The first-order valence-electron chi connectivity index (χ1n) is 9.25. The minimum absolute atomic E-state index is 0.0344. The molecule has 1 saturated carbocycles. The van der Waals surface area contributed by atoms with E-state index in [1.54, 1.807) is 0 Å². The minimum atomic E-state index is -0.0344. The fraction of sp³-hybridized carbons (Fsp3) is 0.409. The van der Waals surface area contributed by atoms with Gasteiger partial charge in [-0.1, -0.05) is 63.1 Å². The van der Waals surface area contributed by atoms with Crippen molar-refractivity contribution >= 4 is 23.0 Å². The fourth-order valence-electron chi connectivity index (χ4n) is 3.88. The maximum atomic E-state index is 5.65. The summed E-state index contributed by atoms with van der Waals surface area (Å²) < 4.78 is 0. The largest absolute Gasteiger partial charge is 0.353 e. The van der Waals surface area contributed by atoms with Gasteiger partial charge in [0.15, 0.2) is 5.11 Å². The lowest BCUT2D eigenvalue weighted by Crippen LogP contribution is -2.46. The SMILES string of the molecule is Cc1ccccc1C1(NC(=S)Nc2ccc(C(C)C)cc2)CCCC1. The molecule has 1 fully saturated rings. The summed E-state index contributed by atoms with van der Waals surface area (Å²) >= 11 is 5.65. The molecule has 2 aromatic rings. The van der Waals surface area contributed by atoms with Gasteiger partial charge >= 0.3 is 0 Å². The highest BCUT2D eigenvalue weighted by Crippen LogP contribution is 2.40. The van der Waals surface area contributed by atoms with Crippen molar-refractivity contribution in [2.24, 2.45) is 0 Å². The summed E-state index contributed by atoms with van der Waals surface area (Å²) in [6.45, 7) is 6.61. The number of hydrogen-bond donors (Lipinski definition) is 2. The summed E-state index contributed by atoms with van der Waals surface area (Å²) in [6, 6.07) is 17.2. The van der Waals surface area contributed by atoms with Crippen molar-refractivity contribution in [1.29, 1.82) is 0 Å². The molecule has 3 rings (SSSR count). The Morgan fingerprint density at radius 1 is 1.00 bits per heavy atom. The van der Waals surface area contributed by atoms with Crippen LogP contribution in [0.4, 0.5) is 5.69 Å². The topological polar surface area (TPSA) is 24.1 Å². The third kappa shape index (κ3) is 4.04. The highest BCUT2D eigenvalue weighted by molar-refractivity contribution is 7.80. The third-order valence-corrected chi connectivity index (χ3v) is 5.51. The van der Waals surface area contributed by atoms with E-state index in [9.17, 15) is 0 Å². The molecule has 1 aliphatic carbocycles. The summed E-state index contributed by atoms with van der Waals surface area (Å²) in [5.41, 5.74) is 5.07. The van der Waals surface area contributed by atoms with E-state index in [2.05, 4.69) is 79.9 Å². The molecule has 0 aliphatic heterocycles. The normalized spacial score (nSPS) is 16.0. The van der Waals surface area contributed by atoms with Crippen LogP contribution in [-0.4, -0.2) is 5.11 Å². The van der Waals surface area contributed by atoms with Crippen molar-refractivity contribution in [2.45, 2.75) is 57.9 Å². The Morgan fingerprint density at radius 3 is 2.24 bits per heavy atom. The van der Waals surface area contributed by atoms with Crippen molar-refractivity contribution in [3.05, 3.63) is 65.2 Å². The van der Waals surface area contributed by atoms with E-state index in [-0.39, 0.29) is 5.54 Å². The van der Waals surface area contributed by atoms with Crippen molar-refractivity contribution in [3.8, 4) is 0 Å².